The van der Waals surface area contributed by atoms with E-state index in [4.69, 9.17) is 10.5 Å². The van der Waals surface area contributed by atoms with Gasteiger partial charge in [0.05, 0.1) is 12.3 Å². The minimum absolute atomic E-state index is 0.647. The molecule has 4 nitrogen and oxygen atoms in total. The van der Waals surface area contributed by atoms with Crippen LogP contribution < -0.4 is 15.8 Å². The first-order valence-corrected chi connectivity index (χ1v) is 6.91. The molecule has 0 unspecified atom stereocenters. The molecule has 1 aromatic carbocycles. The molecule has 0 atom stereocenters. The van der Waals surface area contributed by atoms with Gasteiger partial charge in [0.1, 0.15) is 5.75 Å². The number of nitrogen functional groups attached to an aromatic ring is 1. The number of nitrogens with zero attached hydrogens (tertiary/aromatic N) is 1. The van der Waals surface area contributed by atoms with Crippen molar-refractivity contribution in [1.29, 1.82) is 0 Å². The predicted molar refractivity (Wildman–Crippen MR) is 83.5 cm³/mol. The predicted octanol–water partition coefficient (Wildman–Crippen LogP) is 3.89. The molecule has 1 aromatic heterocycles. The molecule has 1 heterocycles. The summed E-state index contributed by atoms with van der Waals surface area (Å²) < 4.78 is 5.62. The van der Waals surface area contributed by atoms with Crippen LogP contribution in [-0.4, -0.2) is 11.6 Å². The quantitative estimate of drug-likeness (QED) is 0.782. The van der Waals surface area contributed by atoms with Crippen LogP contribution in [0.4, 0.5) is 17.2 Å². The average Bonchev–Trinajstić information content (AvgIpc) is 2.44. The van der Waals surface area contributed by atoms with Crippen molar-refractivity contribution in [3.8, 4) is 5.75 Å². The third-order valence-corrected chi connectivity index (χ3v) is 2.94. The van der Waals surface area contributed by atoms with Crippen molar-refractivity contribution in [1.82, 2.24) is 4.98 Å². The standard InChI is InChI=1S/C16H21N3O/c1-3-4-9-20-14-7-5-13(6-8-14)19-16-15(17)10-12(2)11-18-16/h5-8,10-11H,3-4,9,17H2,1-2H3,(H,18,19). The van der Waals surface area contributed by atoms with E-state index in [-0.39, 0.29) is 0 Å². The van der Waals surface area contributed by atoms with E-state index in [1.165, 1.54) is 0 Å². The van der Waals surface area contributed by atoms with Crippen LogP contribution in [0.3, 0.4) is 0 Å². The van der Waals surface area contributed by atoms with Crippen molar-refractivity contribution in [2.45, 2.75) is 26.7 Å². The lowest BCUT2D eigenvalue weighted by Crippen LogP contribution is -2.00. The highest BCUT2D eigenvalue weighted by Crippen LogP contribution is 2.23. The first-order valence-electron chi connectivity index (χ1n) is 6.91. The number of rotatable bonds is 6. The second-order valence-electron chi connectivity index (χ2n) is 4.80. The highest BCUT2D eigenvalue weighted by Gasteiger charge is 2.02. The Morgan fingerprint density at radius 3 is 2.65 bits per heavy atom. The Bertz CT molecular complexity index is 552. The van der Waals surface area contributed by atoms with E-state index in [0.29, 0.717) is 11.5 Å². The van der Waals surface area contributed by atoms with Crippen molar-refractivity contribution >= 4 is 17.2 Å². The number of benzene rings is 1. The zero-order chi connectivity index (χ0) is 14.4. The van der Waals surface area contributed by atoms with Crippen molar-refractivity contribution in [3.63, 3.8) is 0 Å². The van der Waals surface area contributed by atoms with Gasteiger partial charge in [0, 0.05) is 11.9 Å². The molecule has 0 saturated heterocycles. The lowest BCUT2D eigenvalue weighted by atomic mass is 10.2. The number of nitrogens with two attached hydrogens (primary N) is 1. The average molecular weight is 271 g/mol. The molecule has 0 saturated carbocycles. The number of pyridine rings is 1. The molecule has 2 aromatic rings. The maximum atomic E-state index is 5.93. The third-order valence-electron chi connectivity index (χ3n) is 2.94. The van der Waals surface area contributed by atoms with Gasteiger partial charge < -0.3 is 15.8 Å². The summed E-state index contributed by atoms with van der Waals surface area (Å²) in [5.41, 5.74) is 8.57. The third kappa shape index (κ3) is 3.88. The number of aryl methyl sites for hydroxylation is 1. The van der Waals surface area contributed by atoms with Crippen molar-refractivity contribution in [2.24, 2.45) is 0 Å². The number of anilines is 3. The highest BCUT2D eigenvalue weighted by molar-refractivity contribution is 5.69. The van der Waals surface area contributed by atoms with Gasteiger partial charge >= 0.3 is 0 Å². The molecule has 4 heteroatoms. The maximum Gasteiger partial charge on any atom is 0.153 e. The van der Waals surface area contributed by atoms with E-state index < -0.39 is 0 Å². The Labute approximate surface area is 120 Å². The molecule has 0 bridgehead atoms. The highest BCUT2D eigenvalue weighted by atomic mass is 16.5. The summed E-state index contributed by atoms with van der Waals surface area (Å²) in [6.07, 6.45) is 4.00. The van der Waals surface area contributed by atoms with Crippen molar-refractivity contribution < 1.29 is 4.74 Å². The number of aromatic nitrogens is 1. The second-order valence-corrected chi connectivity index (χ2v) is 4.80. The van der Waals surface area contributed by atoms with Gasteiger partial charge in [-0.3, -0.25) is 0 Å². The Kier molecular flexibility index (Phi) is 4.82. The molecule has 20 heavy (non-hydrogen) atoms. The van der Waals surface area contributed by atoms with E-state index in [1.54, 1.807) is 6.20 Å². The van der Waals surface area contributed by atoms with Gasteiger partial charge in [-0.05, 0) is 49.2 Å². The lowest BCUT2D eigenvalue weighted by molar-refractivity contribution is 0.309. The zero-order valence-electron chi connectivity index (χ0n) is 12.0. The number of unbranched alkanes of at least 4 members (excludes halogenated alkanes) is 1. The maximum absolute atomic E-state index is 5.93. The molecular formula is C16H21N3O. The van der Waals surface area contributed by atoms with Gasteiger partial charge in [-0.2, -0.15) is 0 Å². The molecule has 106 valence electrons. The normalized spacial score (nSPS) is 10.3. The summed E-state index contributed by atoms with van der Waals surface area (Å²) >= 11 is 0. The number of nitrogens with one attached hydrogen (secondary N) is 1. The number of ether oxygens (including phenoxy) is 1. The van der Waals surface area contributed by atoms with E-state index in [2.05, 4.69) is 17.2 Å². The molecule has 0 aliphatic heterocycles. The Hall–Kier alpha value is -2.23. The monoisotopic (exact) mass is 271 g/mol. The van der Waals surface area contributed by atoms with Gasteiger partial charge in [-0.25, -0.2) is 4.98 Å². The number of hydrogen-bond donors (Lipinski definition) is 2. The van der Waals surface area contributed by atoms with Gasteiger partial charge in [-0.1, -0.05) is 13.3 Å². The Morgan fingerprint density at radius 2 is 2.00 bits per heavy atom. The van der Waals surface area contributed by atoms with Crippen LogP contribution in [0.15, 0.2) is 36.5 Å². The summed E-state index contributed by atoms with van der Waals surface area (Å²) in [5.74, 6) is 1.56. The van der Waals surface area contributed by atoms with Crippen molar-refractivity contribution in [2.75, 3.05) is 17.7 Å². The molecule has 0 spiro atoms. The van der Waals surface area contributed by atoms with Crippen LogP contribution >= 0.6 is 0 Å². The van der Waals surface area contributed by atoms with Crippen LogP contribution in [0.5, 0.6) is 5.75 Å². The van der Waals surface area contributed by atoms with Crippen LogP contribution in [0.1, 0.15) is 25.3 Å². The summed E-state index contributed by atoms with van der Waals surface area (Å²) in [5, 5.41) is 3.20. The molecule has 0 amide bonds. The lowest BCUT2D eigenvalue weighted by Gasteiger charge is -2.10. The first-order chi connectivity index (χ1) is 9.69. The molecule has 0 aliphatic rings. The van der Waals surface area contributed by atoms with Crippen LogP contribution in [0.2, 0.25) is 0 Å². The molecule has 2 rings (SSSR count). The van der Waals surface area contributed by atoms with Crippen molar-refractivity contribution in [3.05, 3.63) is 42.1 Å². The summed E-state index contributed by atoms with van der Waals surface area (Å²) in [6, 6.07) is 9.72. The van der Waals surface area contributed by atoms with Crippen LogP contribution in [0, 0.1) is 6.92 Å². The minimum atomic E-state index is 0.647. The molecule has 0 aliphatic carbocycles. The summed E-state index contributed by atoms with van der Waals surface area (Å²) in [4.78, 5) is 4.29. The van der Waals surface area contributed by atoms with E-state index >= 15 is 0 Å². The molecular weight excluding hydrogens is 250 g/mol. The summed E-state index contributed by atoms with van der Waals surface area (Å²) in [7, 11) is 0. The van der Waals surface area contributed by atoms with Crippen LogP contribution in [-0.2, 0) is 0 Å². The Balaban J connectivity index is 1.99. The van der Waals surface area contributed by atoms with E-state index in [0.717, 1.165) is 36.4 Å². The number of hydrogen-bond acceptors (Lipinski definition) is 4. The molecule has 0 radical (unpaired) electrons. The van der Waals surface area contributed by atoms with E-state index in [9.17, 15) is 0 Å². The van der Waals surface area contributed by atoms with Crippen LogP contribution in [0.25, 0.3) is 0 Å². The zero-order valence-corrected chi connectivity index (χ0v) is 12.0. The van der Waals surface area contributed by atoms with E-state index in [1.807, 2.05) is 37.3 Å². The smallest absolute Gasteiger partial charge is 0.153 e. The second kappa shape index (κ2) is 6.80. The largest absolute Gasteiger partial charge is 0.494 e. The fourth-order valence-corrected chi connectivity index (χ4v) is 1.80. The first kappa shape index (κ1) is 14.2. The van der Waals surface area contributed by atoms with Gasteiger partial charge in [0.15, 0.2) is 5.82 Å². The summed E-state index contributed by atoms with van der Waals surface area (Å²) in [6.45, 7) is 4.88. The minimum Gasteiger partial charge on any atom is -0.494 e. The SMILES string of the molecule is CCCCOc1ccc(Nc2ncc(C)cc2N)cc1. The fourth-order valence-electron chi connectivity index (χ4n) is 1.80. The van der Waals surface area contributed by atoms with Gasteiger partial charge in [0.25, 0.3) is 0 Å². The topological polar surface area (TPSA) is 60.2 Å². The molecule has 3 N–H and O–H groups in total. The fraction of sp³-hybridized carbons (Fsp3) is 0.312. The van der Waals surface area contributed by atoms with Gasteiger partial charge in [-0.15, -0.1) is 0 Å². The Morgan fingerprint density at radius 1 is 1.25 bits per heavy atom. The van der Waals surface area contributed by atoms with Gasteiger partial charge in [0.2, 0.25) is 0 Å². The molecule has 0 fully saturated rings.